The van der Waals surface area contributed by atoms with Crippen molar-refractivity contribution in [3.05, 3.63) is 23.7 Å². The highest BCUT2D eigenvalue weighted by Crippen LogP contribution is 2.19. The normalized spacial score (nSPS) is 12.0. The molecule has 0 spiro atoms. The van der Waals surface area contributed by atoms with Crippen LogP contribution in [0.2, 0.25) is 0 Å². The molecule has 0 atom stereocenters. The maximum absolute atomic E-state index is 5.62. The van der Waals surface area contributed by atoms with E-state index in [0.717, 1.165) is 25.3 Å². The molecule has 92 valence electrons. The molecule has 0 unspecified atom stereocenters. The van der Waals surface area contributed by atoms with Gasteiger partial charge in [0.1, 0.15) is 12.4 Å². The van der Waals surface area contributed by atoms with Gasteiger partial charge in [0.25, 0.3) is 0 Å². The Morgan fingerprint density at radius 1 is 1.38 bits per heavy atom. The van der Waals surface area contributed by atoms with Crippen molar-refractivity contribution in [2.45, 2.75) is 40.3 Å². The van der Waals surface area contributed by atoms with Gasteiger partial charge < -0.3 is 14.5 Å². The first kappa shape index (κ1) is 13.3. The Bertz CT molecular complexity index is 299. The van der Waals surface area contributed by atoms with E-state index in [0.29, 0.717) is 12.0 Å². The Morgan fingerprint density at radius 2 is 2.12 bits per heavy atom. The molecule has 0 amide bonds. The molecular formula is C13H23NO2. The van der Waals surface area contributed by atoms with Crippen molar-refractivity contribution in [1.29, 1.82) is 0 Å². The van der Waals surface area contributed by atoms with E-state index in [1.807, 2.05) is 13.1 Å². The van der Waals surface area contributed by atoms with Gasteiger partial charge in [-0.2, -0.15) is 0 Å². The molecule has 1 heterocycles. The van der Waals surface area contributed by atoms with Crippen LogP contribution < -0.4 is 5.32 Å². The topological polar surface area (TPSA) is 34.4 Å². The van der Waals surface area contributed by atoms with Crippen molar-refractivity contribution in [1.82, 2.24) is 5.32 Å². The lowest BCUT2D eigenvalue weighted by Crippen LogP contribution is -2.10. The molecule has 0 aliphatic rings. The summed E-state index contributed by atoms with van der Waals surface area (Å²) in [7, 11) is 1.93. The molecule has 0 radical (unpaired) electrons. The fourth-order valence-corrected chi connectivity index (χ4v) is 1.38. The average Bonchev–Trinajstić information content (AvgIpc) is 2.60. The van der Waals surface area contributed by atoms with Crippen LogP contribution in [0.3, 0.4) is 0 Å². The van der Waals surface area contributed by atoms with Crippen molar-refractivity contribution in [2.24, 2.45) is 5.41 Å². The fourth-order valence-electron chi connectivity index (χ4n) is 1.38. The lowest BCUT2D eigenvalue weighted by Gasteiger charge is -2.17. The summed E-state index contributed by atoms with van der Waals surface area (Å²) < 4.78 is 11.0. The molecule has 1 rings (SSSR count). The van der Waals surface area contributed by atoms with E-state index in [-0.39, 0.29) is 0 Å². The predicted molar refractivity (Wildman–Crippen MR) is 65.2 cm³/mol. The molecule has 3 nitrogen and oxygen atoms in total. The molecular weight excluding hydrogens is 202 g/mol. The van der Waals surface area contributed by atoms with Gasteiger partial charge in [0.2, 0.25) is 0 Å². The molecule has 3 heteroatoms. The van der Waals surface area contributed by atoms with Crippen molar-refractivity contribution >= 4 is 0 Å². The summed E-state index contributed by atoms with van der Waals surface area (Å²) in [5.74, 6) is 0.934. The van der Waals surface area contributed by atoms with Crippen LogP contribution in [-0.2, 0) is 17.9 Å². The number of nitrogens with one attached hydrogen (secondary N) is 1. The molecule has 0 saturated heterocycles. The maximum Gasteiger partial charge on any atom is 0.133 e. The number of furan rings is 1. The van der Waals surface area contributed by atoms with E-state index < -0.39 is 0 Å². The second-order valence-corrected chi connectivity index (χ2v) is 5.26. The Labute approximate surface area is 98.2 Å². The van der Waals surface area contributed by atoms with Crippen LogP contribution in [0.25, 0.3) is 0 Å². The minimum Gasteiger partial charge on any atom is -0.467 e. The second kappa shape index (κ2) is 6.06. The van der Waals surface area contributed by atoms with Gasteiger partial charge in [0, 0.05) is 18.7 Å². The summed E-state index contributed by atoms with van der Waals surface area (Å²) in [4.78, 5) is 0. The third-order valence-corrected chi connectivity index (χ3v) is 2.43. The van der Waals surface area contributed by atoms with Gasteiger partial charge in [-0.15, -0.1) is 0 Å². The van der Waals surface area contributed by atoms with Crippen molar-refractivity contribution in [3.63, 3.8) is 0 Å². The van der Waals surface area contributed by atoms with Crippen LogP contribution >= 0.6 is 0 Å². The summed E-state index contributed by atoms with van der Waals surface area (Å²) in [5, 5.41) is 3.11. The largest absolute Gasteiger partial charge is 0.467 e. The van der Waals surface area contributed by atoms with Crippen molar-refractivity contribution in [2.75, 3.05) is 13.7 Å². The molecule has 1 N–H and O–H groups in total. The van der Waals surface area contributed by atoms with Crippen molar-refractivity contribution in [3.8, 4) is 0 Å². The van der Waals surface area contributed by atoms with E-state index in [9.17, 15) is 0 Å². The van der Waals surface area contributed by atoms with E-state index >= 15 is 0 Å². The lowest BCUT2D eigenvalue weighted by molar-refractivity contribution is 0.0837. The monoisotopic (exact) mass is 225 g/mol. The Kier molecular flexibility index (Phi) is 5.03. The van der Waals surface area contributed by atoms with Gasteiger partial charge in [-0.1, -0.05) is 20.8 Å². The van der Waals surface area contributed by atoms with Crippen LogP contribution in [0, 0.1) is 5.41 Å². The smallest absolute Gasteiger partial charge is 0.133 e. The number of hydrogen-bond acceptors (Lipinski definition) is 3. The standard InChI is InChI=1S/C13H23NO2/c1-13(2,3)6-8-15-10-12-11(9-14-4)5-7-16-12/h5,7,14H,6,8-10H2,1-4H3. The van der Waals surface area contributed by atoms with Gasteiger partial charge in [-0.05, 0) is 24.9 Å². The summed E-state index contributed by atoms with van der Waals surface area (Å²) in [6, 6.07) is 1.99. The van der Waals surface area contributed by atoms with E-state index in [1.165, 1.54) is 5.56 Å². The minimum atomic E-state index is 0.330. The van der Waals surface area contributed by atoms with Crippen LogP contribution in [0.1, 0.15) is 38.5 Å². The third kappa shape index (κ3) is 4.81. The average molecular weight is 225 g/mol. The molecule has 0 saturated carbocycles. The van der Waals surface area contributed by atoms with Crippen LogP contribution in [0.5, 0.6) is 0 Å². The SMILES string of the molecule is CNCc1ccoc1COCCC(C)(C)C. The molecule has 0 aromatic carbocycles. The van der Waals surface area contributed by atoms with Gasteiger partial charge in [-0.25, -0.2) is 0 Å². The zero-order valence-electron chi connectivity index (χ0n) is 10.8. The second-order valence-electron chi connectivity index (χ2n) is 5.26. The van der Waals surface area contributed by atoms with Gasteiger partial charge >= 0.3 is 0 Å². The van der Waals surface area contributed by atoms with Gasteiger partial charge in [-0.3, -0.25) is 0 Å². The molecule has 0 aliphatic carbocycles. The Morgan fingerprint density at radius 3 is 2.75 bits per heavy atom. The summed E-state index contributed by atoms with van der Waals surface area (Å²) in [5.41, 5.74) is 1.51. The van der Waals surface area contributed by atoms with E-state index in [4.69, 9.17) is 9.15 Å². The fraction of sp³-hybridized carbons (Fsp3) is 0.692. The molecule has 0 bridgehead atoms. The maximum atomic E-state index is 5.62. The summed E-state index contributed by atoms with van der Waals surface area (Å²) in [6.45, 7) is 8.83. The summed E-state index contributed by atoms with van der Waals surface area (Å²) >= 11 is 0. The Hall–Kier alpha value is -0.800. The molecule has 1 aromatic heterocycles. The molecule has 0 aliphatic heterocycles. The molecule has 1 aromatic rings. The highest BCUT2D eigenvalue weighted by molar-refractivity contribution is 5.15. The van der Waals surface area contributed by atoms with Crippen LogP contribution in [0.4, 0.5) is 0 Å². The first-order valence-electron chi connectivity index (χ1n) is 5.80. The highest BCUT2D eigenvalue weighted by Gasteiger charge is 2.10. The predicted octanol–water partition coefficient (Wildman–Crippen LogP) is 2.95. The van der Waals surface area contributed by atoms with E-state index in [1.54, 1.807) is 6.26 Å². The van der Waals surface area contributed by atoms with E-state index in [2.05, 4.69) is 26.1 Å². The zero-order valence-corrected chi connectivity index (χ0v) is 10.8. The zero-order chi connectivity index (χ0) is 12.0. The number of rotatable bonds is 6. The first-order valence-corrected chi connectivity index (χ1v) is 5.80. The van der Waals surface area contributed by atoms with Crippen LogP contribution in [-0.4, -0.2) is 13.7 Å². The highest BCUT2D eigenvalue weighted by atomic mass is 16.5. The quantitative estimate of drug-likeness (QED) is 0.756. The van der Waals surface area contributed by atoms with Crippen molar-refractivity contribution < 1.29 is 9.15 Å². The molecule has 0 fully saturated rings. The van der Waals surface area contributed by atoms with Gasteiger partial charge in [0.15, 0.2) is 0 Å². The molecule has 16 heavy (non-hydrogen) atoms. The number of hydrogen-bond donors (Lipinski definition) is 1. The lowest BCUT2D eigenvalue weighted by atomic mass is 9.93. The first-order chi connectivity index (χ1) is 7.53. The third-order valence-electron chi connectivity index (χ3n) is 2.43. The van der Waals surface area contributed by atoms with Gasteiger partial charge in [0.05, 0.1) is 6.26 Å². The summed E-state index contributed by atoms with van der Waals surface area (Å²) in [6.07, 6.45) is 2.78. The Balaban J connectivity index is 2.29. The number of ether oxygens (including phenoxy) is 1. The minimum absolute atomic E-state index is 0.330. The van der Waals surface area contributed by atoms with Crippen LogP contribution in [0.15, 0.2) is 16.7 Å².